The van der Waals surface area contributed by atoms with Crippen molar-refractivity contribution >= 4 is 34.7 Å². The van der Waals surface area contributed by atoms with Gasteiger partial charge in [0.2, 0.25) is 0 Å². The van der Waals surface area contributed by atoms with Crippen LogP contribution in [0.1, 0.15) is 5.01 Å². The molecule has 5 nitrogen and oxygen atoms in total. The van der Waals surface area contributed by atoms with Crippen LogP contribution in [0, 0.1) is 0 Å². The van der Waals surface area contributed by atoms with Crippen molar-refractivity contribution in [2.75, 3.05) is 5.32 Å². The molecule has 0 bridgehead atoms. The van der Waals surface area contributed by atoms with E-state index in [0.29, 0.717) is 17.3 Å². The number of carbonyl (C=O) groups is 1. The van der Waals surface area contributed by atoms with Gasteiger partial charge in [-0.05, 0) is 18.2 Å². The Balaban J connectivity index is 1.56. The minimum atomic E-state index is -0.316. The van der Waals surface area contributed by atoms with Crippen molar-refractivity contribution in [3.05, 3.63) is 64.6 Å². The molecule has 23 heavy (non-hydrogen) atoms. The topological polar surface area (TPSA) is 66.9 Å². The largest absolute Gasteiger partial charge is 0.331 e. The van der Waals surface area contributed by atoms with Crippen molar-refractivity contribution in [3.8, 4) is 10.6 Å². The third-order valence-electron chi connectivity index (χ3n) is 2.97. The lowest BCUT2D eigenvalue weighted by Crippen LogP contribution is -2.28. The summed E-state index contributed by atoms with van der Waals surface area (Å²) in [7, 11) is 0. The molecule has 0 unspecified atom stereocenters. The third kappa shape index (κ3) is 4.28. The van der Waals surface area contributed by atoms with Gasteiger partial charge in [0.25, 0.3) is 0 Å². The Hall–Kier alpha value is -2.44. The molecule has 3 aromatic rings. The highest BCUT2D eigenvalue weighted by Gasteiger charge is 2.08. The fourth-order valence-corrected chi connectivity index (χ4v) is 2.89. The molecule has 2 aromatic carbocycles. The highest BCUT2D eigenvalue weighted by atomic mass is 35.5. The van der Waals surface area contributed by atoms with E-state index < -0.39 is 0 Å². The van der Waals surface area contributed by atoms with Crippen LogP contribution in [-0.2, 0) is 6.54 Å². The molecule has 1 heterocycles. The molecule has 3 rings (SSSR count). The molecule has 0 aliphatic heterocycles. The van der Waals surface area contributed by atoms with E-state index in [1.807, 2.05) is 30.3 Å². The average molecular weight is 345 g/mol. The average Bonchev–Trinajstić information content (AvgIpc) is 3.03. The molecule has 0 spiro atoms. The van der Waals surface area contributed by atoms with Gasteiger partial charge in [0.15, 0.2) is 0 Å². The van der Waals surface area contributed by atoms with Crippen LogP contribution in [0.3, 0.4) is 0 Å². The van der Waals surface area contributed by atoms with Gasteiger partial charge in [0, 0.05) is 16.3 Å². The highest BCUT2D eigenvalue weighted by molar-refractivity contribution is 7.14. The second-order valence-corrected chi connectivity index (χ2v) is 6.18. The van der Waals surface area contributed by atoms with Crippen LogP contribution in [0.4, 0.5) is 10.5 Å². The summed E-state index contributed by atoms with van der Waals surface area (Å²) in [5.41, 5.74) is 1.65. The summed E-state index contributed by atoms with van der Waals surface area (Å²) in [6.45, 7) is 0.316. The van der Waals surface area contributed by atoms with E-state index in [-0.39, 0.29) is 6.03 Å². The Bertz CT molecular complexity index is 807. The summed E-state index contributed by atoms with van der Waals surface area (Å²) in [4.78, 5) is 11.9. The molecule has 0 saturated heterocycles. The molecule has 0 saturated carbocycles. The van der Waals surface area contributed by atoms with Gasteiger partial charge in [-0.3, -0.25) is 0 Å². The van der Waals surface area contributed by atoms with Gasteiger partial charge in [0.1, 0.15) is 10.0 Å². The van der Waals surface area contributed by atoms with E-state index in [1.165, 1.54) is 11.3 Å². The molecule has 0 aliphatic rings. The van der Waals surface area contributed by atoms with E-state index in [2.05, 4.69) is 20.8 Å². The van der Waals surface area contributed by atoms with Crippen LogP contribution < -0.4 is 10.6 Å². The van der Waals surface area contributed by atoms with Crippen molar-refractivity contribution in [1.29, 1.82) is 0 Å². The lowest BCUT2D eigenvalue weighted by Gasteiger charge is -2.06. The Kier molecular flexibility index (Phi) is 4.85. The number of carbonyl (C=O) groups excluding carboxylic acids is 1. The van der Waals surface area contributed by atoms with Crippen LogP contribution >= 0.6 is 22.9 Å². The van der Waals surface area contributed by atoms with E-state index in [9.17, 15) is 4.79 Å². The van der Waals surface area contributed by atoms with Crippen LogP contribution in [0.25, 0.3) is 10.6 Å². The monoisotopic (exact) mass is 344 g/mol. The third-order valence-corrected chi connectivity index (χ3v) is 4.18. The number of nitrogens with zero attached hydrogens (tertiary/aromatic N) is 2. The second kappa shape index (κ2) is 7.21. The Morgan fingerprint density at radius 2 is 1.91 bits per heavy atom. The molecule has 7 heteroatoms. The predicted octanol–water partition coefficient (Wildman–Crippen LogP) is 4.18. The number of halogens is 1. The van der Waals surface area contributed by atoms with Crippen molar-refractivity contribution in [2.45, 2.75) is 6.54 Å². The molecule has 0 atom stereocenters. The summed E-state index contributed by atoms with van der Waals surface area (Å²) in [6, 6.07) is 16.5. The highest BCUT2D eigenvalue weighted by Crippen LogP contribution is 2.22. The summed E-state index contributed by atoms with van der Waals surface area (Å²) in [5.74, 6) is 0. The molecule has 0 aliphatic carbocycles. The number of aromatic nitrogens is 2. The molecule has 1 aromatic heterocycles. The van der Waals surface area contributed by atoms with Crippen LogP contribution in [-0.4, -0.2) is 16.2 Å². The number of anilines is 1. The van der Waals surface area contributed by atoms with E-state index in [1.54, 1.807) is 24.3 Å². The van der Waals surface area contributed by atoms with Crippen LogP contribution in [0.2, 0.25) is 5.02 Å². The first-order chi connectivity index (χ1) is 11.2. The van der Waals surface area contributed by atoms with Crippen molar-refractivity contribution in [1.82, 2.24) is 15.5 Å². The van der Waals surface area contributed by atoms with Gasteiger partial charge < -0.3 is 10.6 Å². The molecule has 2 N–H and O–H groups in total. The van der Waals surface area contributed by atoms with Crippen molar-refractivity contribution in [3.63, 3.8) is 0 Å². The number of amides is 2. The van der Waals surface area contributed by atoms with E-state index in [4.69, 9.17) is 11.6 Å². The van der Waals surface area contributed by atoms with E-state index >= 15 is 0 Å². The SMILES string of the molecule is O=C(NCc1nnc(-c2ccccc2)s1)Nc1cccc(Cl)c1. The van der Waals surface area contributed by atoms with Gasteiger partial charge in [-0.2, -0.15) is 0 Å². The molecule has 116 valence electrons. The molecular formula is C16H13ClN4OS. The van der Waals surface area contributed by atoms with E-state index in [0.717, 1.165) is 15.6 Å². The second-order valence-electron chi connectivity index (χ2n) is 4.69. The van der Waals surface area contributed by atoms with Gasteiger partial charge in [0.05, 0.1) is 6.54 Å². The zero-order valence-electron chi connectivity index (χ0n) is 12.0. The zero-order valence-corrected chi connectivity index (χ0v) is 13.6. The summed E-state index contributed by atoms with van der Waals surface area (Å²) in [6.07, 6.45) is 0. The van der Waals surface area contributed by atoms with Gasteiger partial charge in [-0.15, -0.1) is 10.2 Å². The molecular weight excluding hydrogens is 332 g/mol. The molecule has 2 amide bonds. The van der Waals surface area contributed by atoms with Crippen LogP contribution in [0.15, 0.2) is 54.6 Å². The fourth-order valence-electron chi connectivity index (χ4n) is 1.92. The van der Waals surface area contributed by atoms with Gasteiger partial charge >= 0.3 is 6.03 Å². The summed E-state index contributed by atoms with van der Waals surface area (Å²) in [5, 5.41) is 15.8. The maximum atomic E-state index is 11.9. The Morgan fingerprint density at radius 3 is 2.70 bits per heavy atom. The lowest BCUT2D eigenvalue weighted by molar-refractivity contribution is 0.251. The van der Waals surface area contributed by atoms with Gasteiger partial charge in [-0.1, -0.05) is 59.3 Å². The maximum Gasteiger partial charge on any atom is 0.319 e. The predicted molar refractivity (Wildman–Crippen MR) is 92.7 cm³/mol. The number of nitrogens with one attached hydrogen (secondary N) is 2. The first-order valence-electron chi connectivity index (χ1n) is 6.89. The number of rotatable bonds is 4. The van der Waals surface area contributed by atoms with Crippen molar-refractivity contribution < 1.29 is 4.79 Å². The summed E-state index contributed by atoms with van der Waals surface area (Å²) >= 11 is 7.32. The molecule has 0 radical (unpaired) electrons. The van der Waals surface area contributed by atoms with Crippen LogP contribution in [0.5, 0.6) is 0 Å². The zero-order chi connectivity index (χ0) is 16.1. The Labute approximate surface area is 142 Å². The Morgan fingerprint density at radius 1 is 1.09 bits per heavy atom. The number of urea groups is 1. The summed E-state index contributed by atoms with van der Waals surface area (Å²) < 4.78 is 0. The smallest absolute Gasteiger partial charge is 0.319 e. The van der Waals surface area contributed by atoms with Crippen molar-refractivity contribution in [2.24, 2.45) is 0 Å². The maximum absolute atomic E-state index is 11.9. The first kappa shape index (κ1) is 15.5. The fraction of sp³-hybridized carbons (Fsp3) is 0.0625. The van der Waals surface area contributed by atoms with Gasteiger partial charge in [-0.25, -0.2) is 4.79 Å². The standard InChI is InChI=1S/C16H13ClN4OS/c17-12-7-4-8-13(9-12)19-16(22)18-10-14-20-21-15(23-14)11-5-2-1-3-6-11/h1-9H,10H2,(H2,18,19,22). The number of benzene rings is 2. The minimum Gasteiger partial charge on any atom is -0.331 e. The minimum absolute atomic E-state index is 0.316. The molecule has 0 fully saturated rings. The number of hydrogen-bond donors (Lipinski definition) is 2. The first-order valence-corrected chi connectivity index (χ1v) is 8.08. The normalized spacial score (nSPS) is 10.3. The number of hydrogen-bond acceptors (Lipinski definition) is 4. The lowest BCUT2D eigenvalue weighted by atomic mass is 10.2. The quantitative estimate of drug-likeness (QED) is 0.746.